The fourth-order valence-corrected chi connectivity index (χ4v) is 1.47. The molecule has 0 saturated heterocycles. The van der Waals surface area contributed by atoms with Crippen molar-refractivity contribution in [2.24, 2.45) is 5.92 Å². The fourth-order valence-electron chi connectivity index (χ4n) is 1.47. The van der Waals surface area contributed by atoms with Gasteiger partial charge in [-0.25, -0.2) is 0 Å². The minimum atomic E-state index is -0.512. The molecule has 0 bridgehead atoms. The van der Waals surface area contributed by atoms with Crippen molar-refractivity contribution in [3.05, 3.63) is 0 Å². The Morgan fingerprint density at radius 3 is 2.32 bits per heavy atom. The van der Waals surface area contributed by atoms with Crippen LogP contribution in [0.4, 0.5) is 0 Å². The zero-order valence-electron chi connectivity index (χ0n) is 12.1. The first kappa shape index (κ1) is 20.5. The largest absolute Gasteiger partial charge is 0.375 e. The van der Waals surface area contributed by atoms with Crippen molar-refractivity contribution in [2.45, 2.75) is 26.3 Å². The Hall–Kier alpha value is -0.850. The lowest BCUT2D eigenvalue weighted by Crippen LogP contribution is -2.50. The summed E-state index contributed by atoms with van der Waals surface area (Å²) in [5.74, 6) is -0.387. The van der Waals surface area contributed by atoms with E-state index in [4.69, 9.17) is 4.74 Å². The highest BCUT2D eigenvalue weighted by molar-refractivity contribution is 5.88. The van der Waals surface area contributed by atoms with Gasteiger partial charge in [0.2, 0.25) is 11.8 Å². The highest BCUT2D eigenvalue weighted by Gasteiger charge is 2.23. The maximum atomic E-state index is 11.9. The Bertz CT molecular complexity index is 263. The Balaban J connectivity index is 0. The second-order valence-corrected chi connectivity index (χ2v) is 4.47. The summed E-state index contributed by atoms with van der Waals surface area (Å²) in [4.78, 5) is 23.3. The summed E-state index contributed by atoms with van der Waals surface area (Å²) in [6.07, 6.45) is 0.860. The number of carbonyl (C=O) groups excluding carboxylic acids is 2. The molecule has 0 rings (SSSR count). The molecule has 2 amide bonds. The predicted molar refractivity (Wildman–Crippen MR) is 77.4 cm³/mol. The van der Waals surface area contributed by atoms with Gasteiger partial charge < -0.3 is 20.7 Å². The first-order chi connectivity index (χ1) is 8.52. The normalized spacial score (nSPS) is 11.6. The first-order valence-corrected chi connectivity index (χ1v) is 6.23. The third-order valence-electron chi connectivity index (χ3n) is 2.44. The van der Waals surface area contributed by atoms with Gasteiger partial charge >= 0.3 is 0 Å². The highest BCUT2D eigenvalue weighted by atomic mass is 35.5. The molecule has 0 aliphatic rings. The van der Waals surface area contributed by atoms with Crippen LogP contribution >= 0.6 is 12.4 Å². The molecular weight excluding hydrogens is 270 g/mol. The number of methoxy groups -OCH3 is 1. The number of hydrogen-bond donors (Lipinski definition) is 3. The van der Waals surface area contributed by atoms with E-state index in [1.54, 1.807) is 0 Å². The van der Waals surface area contributed by atoms with Crippen molar-refractivity contribution >= 4 is 24.2 Å². The molecule has 7 heteroatoms. The molecule has 0 saturated carbocycles. The maximum absolute atomic E-state index is 11.9. The van der Waals surface area contributed by atoms with Crippen LogP contribution in [-0.2, 0) is 14.3 Å². The summed E-state index contributed by atoms with van der Waals surface area (Å²) in [6, 6.07) is -0.512. The number of carbonyl (C=O) groups is 2. The van der Waals surface area contributed by atoms with Crippen molar-refractivity contribution < 1.29 is 14.3 Å². The molecule has 0 radical (unpaired) electrons. The van der Waals surface area contributed by atoms with Gasteiger partial charge in [-0.2, -0.15) is 0 Å². The molecule has 114 valence electrons. The first-order valence-electron chi connectivity index (χ1n) is 6.23. The molecule has 1 atom stereocenters. The summed E-state index contributed by atoms with van der Waals surface area (Å²) in [6.45, 7) is 5.21. The summed E-state index contributed by atoms with van der Waals surface area (Å²) in [5.41, 5.74) is 0. The Kier molecular flexibility index (Phi) is 13.1. The Morgan fingerprint density at radius 2 is 1.84 bits per heavy atom. The zero-order chi connectivity index (χ0) is 14.0. The molecule has 0 unspecified atom stereocenters. The van der Waals surface area contributed by atoms with Crippen molar-refractivity contribution in [1.82, 2.24) is 16.0 Å². The molecule has 3 N–H and O–H groups in total. The number of rotatable bonds is 9. The van der Waals surface area contributed by atoms with Crippen LogP contribution in [0.5, 0.6) is 0 Å². The lowest BCUT2D eigenvalue weighted by atomic mass is 10.0. The minimum Gasteiger partial charge on any atom is -0.375 e. The highest BCUT2D eigenvalue weighted by Crippen LogP contribution is 2.01. The molecule has 0 aliphatic heterocycles. The van der Waals surface area contributed by atoms with Crippen LogP contribution in [-0.4, -0.2) is 51.7 Å². The van der Waals surface area contributed by atoms with Crippen molar-refractivity contribution in [2.75, 3.05) is 33.9 Å². The molecule has 0 aromatic carbocycles. The van der Waals surface area contributed by atoms with Gasteiger partial charge in [0.25, 0.3) is 0 Å². The average Bonchev–Trinajstić information content (AvgIpc) is 2.31. The second kappa shape index (κ2) is 12.2. The van der Waals surface area contributed by atoms with Crippen LogP contribution in [0.2, 0.25) is 0 Å². The van der Waals surface area contributed by atoms with Gasteiger partial charge in [-0.15, -0.1) is 12.4 Å². The van der Waals surface area contributed by atoms with Gasteiger partial charge in [0, 0.05) is 13.7 Å². The van der Waals surface area contributed by atoms with Gasteiger partial charge in [0.05, 0.1) is 0 Å². The average molecular weight is 296 g/mol. The minimum absolute atomic E-state index is 0. The van der Waals surface area contributed by atoms with E-state index in [-0.39, 0.29) is 36.7 Å². The van der Waals surface area contributed by atoms with E-state index in [2.05, 4.69) is 16.0 Å². The van der Waals surface area contributed by atoms with E-state index in [9.17, 15) is 9.59 Å². The molecular formula is C12H26ClN3O3. The number of nitrogens with one attached hydrogen (secondary N) is 3. The van der Waals surface area contributed by atoms with Crippen LogP contribution in [0.3, 0.4) is 0 Å². The molecule has 0 aromatic heterocycles. The molecule has 19 heavy (non-hydrogen) atoms. The van der Waals surface area contributed by atoms with E-state index in [0.29, 0.717) is 6.54 Å². The summed E-state index contributed by atoms with van der Waals surface area (Å²) in [7, 11) is 3.31. The van der Waals surface area contributed by atoms with E-state index in [0.717, 1.165) is 13.0 Å². The number of amides is 2. The summed E-state index contributed by atoms with van der Waals surface area (Å²) >= 11 is 0. The topological polar surface area (TPSA) is 79.5 Å². The van der Waals surface area contributed by atoms with E-state index in [1.165, 1.54) is 7.11 Å². The van der Waals surface area contributed by atoms with Gasteiger partial charge in [0.15, 0.2) is 0 Å². The van der Waals surface area contributed by atoms with E-state index in [1.807, 2.05) is 20.9 Å². The molecule has 6 nitrogen and oxygen atoms in total. The molecule has 0 aromatic rings. The van der Waals surface area contributed by atoms with E-state index < -0.39 is 6.04 Å². The lowest BCUT2D eigenvalue weighted by Gasteiger charge is -2.21. The number of ether oxygens (including phenoxy) is 1. The number of hydrogen-bond acceptors (Lipinski definition) is 4. The van der Waals surface area contributed by atoms with Crippen LogP contribution in [0, 0.1) is 5.92 Å². The second-order valence-electron chi connectivity index (χ2n) is 4.47. The standard InChI is InChI=1S/C12H25N3O3.ClH/c1-9(2)11(15-10(16)8-18-4)12(17)14-7-5-6-13-3;/h9,11,13H,5-8H2,1-4H3,(H,14,17)(H,15,16);1H/t11-;/m0./s1. The summed E-state index contributed by atoms with van der Waals surface area (Å²) in [5, 5.41) is 8.48. The van der Waals surface area contributed by atoms with Gasteiger partial charge in [-0.05, 0) is 25.9 Å². The van der Waals surface area contributed by atoms with Crippen LogP contribution in [0.15, 0.2) is 0 Å². The lowest BCUT2D eigenvalue weighted by molar-refractivity contribution is -0.131. The Morgan fingerprint density at radius 1 is 1.21 bits per heavy atom. The molecule has 0 aliphatic carbocycles. The van der Waals surface area contributed by atoms with Gasteiger partial charge in [0.1, 0.15) is 12.6 Å². The smallest absolute Gasteiger partial charge is 0.246 e. The SMILES string of the molecule is CNCCCNC(=O)[C@@H](NC(=O)COC)C(C)C.Cl. The molecule has 0 fully saturated rings. The maximum Gasteiger partial charge on any atom is 0.246 e. The third-order valence-corrected chi connectivity index (χ3v) is 2.44. The van der Waals surface area contributed by atoms with Crippen molar-refractivity contribution in [3.63, 3.8) is 0 Å². The molecule has 0 heterocycles. The number of halogens is 1. The predicted octanol–water partition coefficient (Wildman–Crippen LogP) is -0.0789. The fraction of sp³-hybridized carbons (Fsp3) is 0.833. The summed E-state index contributed by atoms with van der Waals surface area (Å²) < 4.78 is 4.73. The van der Waals surface area contributed by atoms with Crippen molar-refractivity contribution in [3.8, 4) is 0 Å². The van der Waals surface area contributed by atoms with Crippen LogP contribution < -0.4 is 16.0 Å². The quantitative estimate of drug-likeness (QED) is 0.520. The molecule has 0 spiro atoms. The van der Waals surface area contributed by atoms with E-state index >= 15 is 0 Å². The van der Waals surface area contributed by atoms with Gasteiger partial charge in [-0.1, -0.05) is 13.8 Å². The van der Waals surface area contributed by atoms with Crippen LogP contribution in [0.25, 0.3) is 0 Å². The Labute approximate surface area is 121 Å². The zero-order valence-corrected chi connectivity index (χ0v) is 12.9. The van der Waals surface area contributed by atoms with Gasteiger partial charge in [-0.3, -0.25) is 9.59 Å². The van der Waals surface area contributed by atoms with Crippen LogP contribution in [0.1, 0.15) is 20.3 Å². The third kappa shape index (κ3) is 9.69. The van der Waals surface area contributed by atoms with Crippen molar-refractivity contribution in [1.29, 1.82) is 0 Å². The monoisotopic (exact) mass is 295 g/mol.